The number of carbonyl (C=O) groups excluding carboxylic acids is 1. The number of piperidine rings is 1. The van der Waals surface area contributed by atoms with Crippen LogP contribution in [0.1, 0.15) is 53.1 Å². The minimum absolute atomic E-state index is 0.156. The van der Waals surface area contributed by atoms with Gasteiger partial charge in [-0.05, 0) is 73.5 Å². The first-order valence-corrected chi connectivity index (χ1v) is 10.9. The summed E-state index contributed by atoms with van der Waals surface area (Å²) in [4.78, 5) is 19.1. The van der Waals surface area contributed by atoms with E-state index in [9.17, 15) is 4.79 Å². The lowest BCUT2D eigenvalue weighted by atomic mass is 9.87. The fourth-order valence-electron chi connectivity index (χ4n) is 5.35. The summed E-state index contributed by atoms with van der Waals surface area (Å²) < 4.78 is 0. The topological polar surface area (TPSA) is 48.1 Å². The predicted octanol–water partition coefficient (Wildman–Crippen LogP) is 4.98. The number of ketones is 1. The summed E-state index contributed by atoms with van der Waals surface area (Å²) in [6, 6.07) is 15.0. The summed E-state index contributed by atoms with van der Waals surface area (Å²) in [6.07, 6.45) is 7.95. The summed E-state index contributed by atoms with van der Waals surface area (Å²) >= 11 is 0. The van der Waals surface area contributed by atoms with E-state index in [0.717, 1.165) is 22.9 Å². The molecule has 29 heavy (non-hydrogen) atoms. The number of nitrogens with one attached hydrogen (secondary N) is 2. The van der Waals surface area contributed by atoms with Crippen molar-refractivity contribution in [2.75, 3.05) is 25.5 Å². The van der Waals surface area contributed by atoms with E-state index < -0.39 is 0 Å². The normalized spacial score (nSPS) is 22.0. The van der Waals surface area contributed by atoms with Crippen molar-refractivity contribution >= 4 is 22.4 Å². The van der Waals surface area contributed by atoms with Crippen LogP contribution in [0.5, 0.6) is 0 Å². The zero-order valence-electron chi connectivity index (χ0n) is 17.1. The maximum atomic E-state index is 12.9. The van der Waals surface area contributed by atoms with Crippen molar-refractivity contribution in [3.63, 3.8) is 0 Å². The highest BCUT2D eigenvalue weighted by molar-refractivity contribution is 6.02. The lowest BCUT2D eigenvalue weighted by molar-refractivity contribution is 0.0994. The average molecular weight is 388 g/mol. The van der Waals surface area contributed by atoms with Crippen molar-refractivity contribution in [3.05, 3.63) is 65.4 Å². The molecule has 3 heterocycles. The van der Waals surface area contributed by atoms with Gasteiger partial charge in [0.2, 0.25) is 0 Å². The third-order valence-corrected chi connectivity index (χ3v) is 6.88. The molecule has 2 N–H and O–H groups in total. The number of hydrogen-bond acceptors (Lipinski definition) is 3. The van der Waals surface area contributed by atoms with Crippen molar-refractivity contribution in [2.24, 2.45) is 0 Å². The monoisotopic (exact) mass is 387 g/mol. The minimum Gasteiger partial charge on any atom is -0.388 e. The molecule has 3 aromatic rings. The van der Waals surface area contributed by atoms with Gasteiger partial charge in [0, 0.05) is 54.4 Å². The molecule has 5 rings (SSSR count). The fourth-order valence-corrected chi connectivity index (χ4v) is 5.35. The molecule has 1 aromatic heterocycles. The highest BCUT2D eigenvalue weighted by Crippen LogP contribution is 2.37. The molecule has 150 valence electrons. The summed E-state index contributed by atoms with van der Waals surface area (Å²) in [5.74, 6) is 0.748. The second-order valence-electron chi connectivity index (χ2n) is 8.58. The first-order valence-electron chi connectivity index (χ1n) is 10.9. The van der Waals surface area contributed by atoms with Gasteiger partial charge < -0.3 is 10.3 Å². The Kier molecular flexibility index (Phi) is 4.88. The number of carbonyl (C=O) groups is 1. The Bertz CT molecular complexity index is 1040. The number of hydrogen-bond donors (Lipinski definition) is 2. The summed E-state index contributed by atoms with van der Waals surface area (Å²) in [5.41, 5.74) is 5.34. The molecular formula is C25H29N3O. The van der Waals surface area contributed by atoms with Gasteiger partial charge in [0.1, 0.15) is 0 Å². The molecule has 2 aliphatic heterocycles. The number of rotatable bonds is 5. The molecule has 0 saturated carbocycles. The Morgan fingerprint density at radius 3 is 2.97 bits per heavy atom. The number of H-pyrrole nitrogens is 1. The number of fused-ring (bicyclic) bond motifs is 2. The molecular weight excluding hydrogens is 358 g/mol. The highest BCUT2D eigenvalue weighted by atomic mass is 16.1. The lowest BCUT2D eigenvalue weighted by Gasteiger charge is -2.35. The van der Waals surface area contributed by atoms with Crippen LogP contribution in [0, 0.1) is 0 Å². The molecule has 0 radical (unpaired) electrons. The first-order chi connectivity index (χ1) is 14.2. The largest absolute Gasteiger partial charge is 0.388 e. The molecule has 0 spiro atoms. The zero-order chi connectivity index (χ0) is 19.8. The van der Waals surface area contributed by atoms with Gasteiger partial charge in [-0.25, -0.2) is 0 Å². The van der Waals surface area contributed by atoms with Crippen LogP contribution < -0.4 is 5.32 Å². The second kappa shape index (κ2) is 7.68. The van der Waals surface area contributed by atoms with Gasteiger partial charge in [0.25, 0.3) is 0 Å². The van der Waals surface area contributed by atoms with Gasteiger partial charge in [0.05, 0.1) is 0 Å². The minimum atomic E-state index is 0.156. The Morgan fingerprint density at radius 1 is 1.17 bits per heavy atom. The van der Waals surface area contributed by atoms with Gasteiger partial charge in [-0.15, -0.1) is 0 Å². The number of nitrogens with zero attached hydrogens (tertiary/aromatic N) is 1. The van der Waals surface area contributed by atoms with E-state index in [1.165, 1.54) is 55.2 Å². The van der Waals surface area contributed by atoms with Crippen LogP contribution in [-0.2, 0) is 6.42 Å². The number of Topliss-reactive ketones (excluding diaryl/α,β-unsaturated/α-hetero) is 1. The zero-order valence-corrected chi connectivity index (χ0v) is 17.1. The standard InChI is InChI=1S/C25H29N3O/c1-26-23-7-3-2-6-20(23)25(29)14-17-8-11-24-21(13-17)22(15-27-24)18-9-10-19-5-4-12-28(19)16-18/h2-3,6-8,11,13,15,18-19,26-27H,4-5,9-10,12,14,16H2,1H3. The molecule has 2 saturated heterocycles. The maximum Gasteiger partial charge on any atom is 0.169 e. The molecule has 0 bridgehead atoms. The van der Waals surface area contributed by atoms with Crippen LogP contribution in [0.25, 0.3) is 10.9 Å². The summed E-state index contributed by atoms with van der Waals surface area (Å²) in [7, 11) is 1.86. The quantitative estimate of drug-likeness (QED) is 0.607. The molecule has 2 atom stereocenters. The van der Waals surface area contributed by atoms with Crippen molar-refractivity contribution in [3.8, 4) is 0 Å². The Hall–Kier alpha value is -2.59. The van der Waals surface area contributed by atoms with Crippen molar-refractivity contribution < 1.29 is 4.79 Å². The average Bonchev–Trinajstić information content (AvgIpc) is 3.39. The third-order valence-electron chi connectivity index (χ3n) is 6.88. The number of para-hydroxylation sites is 1. The lowest BCUT2D eigenvalue weighted by Crippen LogP contribution is -2.37. The fraction of sp³-hybridized carbons (Fsp3) is 0.400. The molecule has 4 heteroatoms. The van der Waals surface area contributed by atoms with Gasteiger partial charge in [-0.2, -0.15) is 0 Å². The van der Waals surface area contributed by atoms with Gasteiger partial charge in [0.15, 0.2) is 5.78 Å². The third kappa shape index (κ3) is 3.46. The number of aromatic nitrogens is 1. The van der Waals surface area contributed by atoms with Gasteiger partial charge >= 0.3 is 0 Å². The highest BCUT2D eigenvalue weighted by Gasteiger charge is 2.32. The molecule has 0 aliphatic carbocycles. The molecule has 4 nitrogen and oxygen atoms in total. The number of anilines is 1. The van der Waals surface area contributed by atoms with Crippen LogP contribution in [0.4, 0.5) is 5.69 Å². The van der Waals surface area contributed by atoms with E-state index in [4.69, 9.17) is 0 Å². The summed E-state index contributed by atoms with van der Waals surface area (Å²) in [6.45, 7) is 2.43. The predicted molar refractivity (Wildman–Crippen MR) is 119 cm³/mol. The number of benzene rings is 2. The second-order valence-corrected chi connectivity index (χ2v) is 8.58. The van der Waals surface area contributed by atoms with Crippen LogP contribution in [0.3, 0.4) is 0 Å². The smallest absolute Gasteiger partial charge is 0.169 e. The Morgan fingerprint density at radius 2 is 2.07 bits per heavy atom. The van der Waals surface area contributed by atoms with Crippen molar-refractivity contribution in [1.82, 2.24) is 9.88 Å². The molecule has 2 aliphatic rings. The molecule has 2 fully saturated rings. The van der Waals surface area contributed by atoms with Crippen molar-refractivity contribution in [2.45, 2.75) is 44.1 Å². The summed E-state index contributed by atoms with van der Waals surface area (Å²) in [5, 5.41) is 4.42. The van der Waals surface area contributed by atoms with Crippen molar-refractivity contribution in [1.29, 1.82) is 0 Å². The van der Waals surface area contributed by atoms with Crippen LogP contribution in [0.15, 0.2) is 48.7 Å². The van der Waals surface area contributed by atoms with Gasteiger partial charge in [-0.3, -0.25) is 9.69 Å². The van der Waals surface area contributed by atoms with E-state index >= 15 is 0 Å². The number of aromatic amines is 1. The van der Waals surface area contributed by atoms with E-state index in [1.807, 2.05) is 31.3 Å². The first kappa shape index (κ1) is 18.4. The van der Waals surface area contributed by atoms with Crippen LogP contribution in [-0.4, -0.2) is 41.8 Å². The van der Waals surface area contributed by atoms with Crippen LogP contribution >= 0.6 is 0 Å². The molecule has 2 unspecified atom stereocenters. The van der Waals surface area contributed by atoms with E-state index in [-0.39, 0.29) is 5.78 Å². The Labute approximate surface area is 172 Å². The van der Waals surface area contributed by atoms with E-state index in [0.29, 0.717) is 12.3 Å². The maximum absolute atomic E-state index is 12.9. The Balaban J connectivity index is 1.40. The SMILES string of the molecule is CNc1ccccc1C(=O)Cc1ccc2[nH]cc(C3CCC4CCCN4C3)c2c1. The molecule has 2 aromatic carbocycles. The van der Waals surface area contributed by atoms with Gasteiger partial charge in [-0.1, -0.05) is 18.2 Å². The molecule has 0 amide bonds. The van der Waals surface area contributed by atoms with E-state index in [1.54, 1.807) is 0 Å². The van der Waals surface area contributed by atoms with E-state index in [2.05, 4.69) is 39.6 Å². The van der Waals surface area contributed by atoms with Crippen LogP contribution in [0.2, 0.25) is 0 Å².